The number of benzene rings is 3. The van der Waals surface area contributed by atoms with Gasteiger partial charge in [-0.05, 0) is 98.9 Å². The molecule has 1 heterocycles. The van der Waals surface area contributed by atoms with Crippen molar-refractivity contribution in [1.29, 1.82) is 0 Å². The lowest BCUT2D eigenvalue weighted by atomic mass is 9.92. The lowest BCUT2D eigenvalue weighted by Gasteiger charge is -2.24. The molecule has 1 aliphatic rings. The number of carbonyl (C=O) groups excluding carboxylic acids is 1. The van der Waals surface area contributed by atoms with E-state index >= 15 is 0 Å². The molecule has 1 amide bonds. The summed E-state index contributed by atoms with van der Waals surface area (Å²) < 4.78 is 66.5. The number of hydrogen-bond acceptors (Lipinski definition) is 5. The van der Waals surface area contributed by atoms with Crippen molar-refractivity contribution in [3.8, 4) is 5.75 Å². The van der Waals surface area contributed by atoms with Gasteiger partial charge in [-0.3, -0.25) is 4.79 Å². The average Bonchev–Trinajstić information content (AvgIpc) is 2.96. The third kappa shape index (κ3) is 8.85. The molecule has 1 aliphatic heterocycles. The highest BCUT2D eigenvalue weighted by Crippen LogP contribution is 2.32. The smallest absolute Gasteiger partial charge is 0.364 e. The number of para-hydroxylation sites is 1. The molecule has 4 rings (SSSR count). The first-order chi connectivity index (χ1) is 19.1. The first kappa shape index (κ1) is 32.2. The van der Waals surface area contributed by atoms with E-state index in [-0.39, 0.29) is 34.6 Å². The predicted molar refractivity (Wildman–Crippen MR) is 154 cm³/mol. The molecule has 41 heavy (non-hydrogen) atoms. The van der Waals surface area contributed by atoms with Crippen LogP contribution in [-0.2, 0) is 16.2 Å². The van der Waals surface area contributed by atoms with Gasteiger partial charge in [0.1, 0.15) is 0 Å². The Kier molecular flexibility index (Phi) is 11.5. The Hall–Kier alpha value is -3.28. The number of unbranched alkanes of at least 4 members (excludes halogenated alkanes) is 1. The zero-order chi connectivity index (χ0) is 28.6. The van der Waals surface area contributed by atoms with Crippen LogP contribution in [-0.4, -0.2) is 34.0 Å². The Balaban J connectivity index is 0.00000462. The third-order valence-corrected chi connectivity index (χ3v) is 8.34. The standard InChI is InChI=1S/C29H32F3N3O4S.ClH/c30-29(31,32)24-11-13-26(14-12-24)39-35(25-7-2-1-3-8-25)40(37,38)27-15-9-23(10-16-27)28(36)34-19-5-4-6-22-17-20-33-21-18-22;/h1-3,7-16,22,33H,4-6,17-21H2,(H,34,36);1H. The van der Waals surface area contributed by atoms with Crippen LogP contribution in [0.25, 0.3) is 0 Å². The summed E-state index contributed by atoms with van der Waals surface area (Å²) >= 11 is 0. The van der Waals surface area contributed by atoms with Crippen molar-refractivity contribution < 1.29 is 31.2 Å². The van der Waals surface area contributed by atoms with Crippen molar-refractivity contribution >= 4 is 34.0 Å². The van der Waals surface area contributed by atoms with Crippen LogP contribution in [0.2, 0.25) is 0 Å². The maximum Gasteiger partial charge on any atom is 0.416 e. The molecular weight excluding hydrogens is 579 g/mol. The molecule has 0 bridgehead atoms. The number of carbonyl (C=O) groups is 1. The van der Waals surface area contributed by atoms with Crippen molar-refractivity contribution in [3.63, 3.8) is 0 Å². The largest absolute Gasteiger partial charge is 0.416 e. The second-order valence-electron chi connectivity index (χ2n) is 9.65. The summed E-state index contributed by atoms with van der Waals surface area (Å²) in [6.45, 7) is 2.67. The van der Waals surface area contributed by atoms with Crippen molar-refractivity contribution in [1.82, 2.24) is 10.6 Å². The Labute approximate surface area is 244 Å². The Bertz CT molecular complexity index is 1350. The summed E-state index contributed by atoms with van der Waals surface area (Å²) in [6, 6.07) is 17.0. The Morgan fingerprint density at radius 3 is 2.17 bits per heavy atom. The number of sulfonamides is 1. The van der Waals surface area contributed by atoms with Crippen molar-refractivity contribution in [2.24, 2.45) is 5.92 Å². The van der Waals surface area contributed by atoms with E-state index in [1.165, 1.54) is 49.2 Å². The molecule has 7 nitrogen and oxygen atoms in total. The number of nitrogens with zero attached hydrogens (tertiary/aromatic N) is 1. The van der Waals surface area contributed by atoms with Crippen molar-refractivity contribution in [2.45, 2.75) is 43.2 Å². The Morgan fingerprint density at radius 1 is 0.927 bits per heavy atom. The molecule has 12 heteroatoms. The van der Waals surface area contributed by atoms with Gasteiger partial charge in [0.25, 0.3) is 15.9 Å². The van der Waals surface area contributed by atoms with Crippen molar-refractivity contribution in [3.05, 3.63) is 90.0 Å². The summed E-state index contributed by atoms with van der Waals surface area (Å²) in [5.74, 6) is 0.341. The highest BCUT2D eigenvalue weighted by molar-refractivity contribution is 7.92. The summed E-state index contributed by atoms with van der Waals surface area (Å²) in [4.78, 5) is 18.0. The van der Waals surface area contributed by atoms with Gasteiger partial charge in [0.05, 0.1) is 16.1 Å². The Morgan fingerprint density at radius 2 is 1.56 bits per heavy atom. The molecule has 0 atom stereocenters. The molecule has 3 aromatic carbocycles. The minimum absolute atomic E-state index is 0. The number of halogens is 4. The fraction of sp³-hybridized carbons (Fsp3) is 0.345. The van der Waals surface area contributed by atoms with Gasteiger partial charge in [0.15, 0.2) is 5.75 Å². The van der Waals surface area contributed by atoms with Crippen LogP contribution in [0.15, 0.2) is 83.8 Å². The van der Waals surface area contributed by atoms with Gasteiger partial charge >= 0.3 is 6.18 Å². The third-order valence-electron chi connectivity index (χ3n) is 6.75. The summed E-state index contributed by atoms with van der Waals surface area (Å²) in [6.07, 6.45) is 0.907. The molecule has 222 valence electrons. The van der Waals surface area contributed by atoms with E-state index in [9.17, 15) is 26.4 Å². The van der Waals surface area contributed by atoms with E-state index in [0.29, 0.717) is 16.6 Å². The molecule has 0 spiro atoms. The van der Waals surface area contributed by atoms with Gasteiger partial charge in [0.2, 0.25) is 0 Å². The summed E-state index contributed by atoms with van der Waals surface area (Å²) in [5.41, 5.74) is -0.425. The molecule has 1 saturated heterocycles. The minimum Gasteiger partial charge on any atom is -0.364 e. The zero-order valence-electron chi connectivity index (χ0n) is 22.3. The number of anilines is 1. The second kappa shape index (κ2) is 14.6. The van der Waals surface area contributed by atoms with Gasteiger partial charge in [-0.15, -0.1) is 12.4 Å². The number of alkyl halides is 3. The first-order valence-electron chi connectivity index (χ1n) is 13.2. The van der Waals surface area contributed by atoms with Crippen LogP contribution in [0.5, 0.6) is 5.75 Å². The van der Waals surface area contributed by atoms with Crippen molar-refractivity contribution in [2.75, 3.05) is 24.1 Å². The monoisotopic (exact) mass is 611 g/mol. The minimum atomic E-state index is -4.54. The molecule has 1 fully saturated rings. The van der Waals surface area contributed by atoms with E-state index in [1.807, 2.05) is 0 Å². The molecule has 2 N–H and O–H groups in total. The molecule has 0 aliphatic carbocycles. The van der Waals surface area contributed by atoms with Crippen LogP contribution in [0.1, 0.15) is 48.0 Å². The van der Waals surface area contributed by atoms with Gasteiger partial charge in [0, 0.05) is 12.1 Å². The van der Waals surface area contributed by atoms with E-state index in [0.717, 1.165) is 62.5 Å². The number of hydrogen-bond donors (Lipinski definition) is 2. The highest BCUT2D eigenvalue weighted by atomic mass is 35.5. The highest BCUT2D eigenvalue weighted by Gasteiger charge is 2.31. The topological polar surface area (TPSA) is 87.7 Å². The molecule has 0 unspecified atom stereocenters. The van der Waals surface area contributed by atoms with Crippen LogP contribution >= 0.6 is 12.4 Å². The maximum absolute atomic E-state index is 13.5. The second-order valence-corrected chi connectivity index (χ2v) is 11.4. The van der Waals surface area contributed by atoms with E-state index in [2.05, 4.69) is 10.6 Å². The molecule has 0 radical (unpaired) electrons. The van der Waals surface area contributed by atoms with Gasteiger partial charge in [-0.2, -0.15) is 21.6 Å². The quantitative estimate of drug-likeness (QED) is 0.199. The molecular formula is C29H33ClF3N3O4S. The van der Waals surface area contributed by atoms with Crippen LogP contribution in [0, 0.1) is 5.92 Å². The summed E-state index contributed by atoms with van der Waals surface area (Å²) in [5, 5.41) is 6.23. The normalized spacial score (nSPS) is 14.1. The van der Waals surface area contributed by atoms with E-state index in [4.69, 9.17) is 4.84 Å². The fourth-order valence-corrected chi connectivity index (χ4v) is 5.75. The predicted octanol–water partition coefficient (Wildman–Crippen LogP) is 6.22. The average molecular weight is 612 g/mol. The lowest BCUT2D eigenvalue weighted by Crippen LogP contribution is -2.34. The molecule has 0 aromatic heterocycles. The van der Waals surface area contributed by atoms with E-state index in [1.54, 1.807) is 18.2 Å². The summed E-state index contributed by atoms with van der Waals surface area (Å²) in [7, 11) is -4.32. The number of piperidine rings is 1. The SMILES string of the molecule is Cl.O=C(NCCCCC1CCNCC1)c1ccc(S(=O)(=O)N(Oc2ccc(C(F)(F)F)cc2)c2ccccc2)cc1. The molecule has 0 saturated carbocycles. The van der Waals surface area contributed by atoms with Gasteiger partial charge in [-0.1, -0.05) is 35.5 Å². The number of nitrogens with one attached hydrogen (secondary N) is 2. The lowest BCUT2D eigenvalue weighted by molar-refractivity contribution is -0.137. The van der Waals surface area contributed by atoms with Crippen LogP contribution < -0.4 is 19.9 Å². The van der Waals surface area contributed by atoms with Gasteiger partial charge in [-0.25, -0.2) is 0 Å². The number of amides is 1. The van der Waals surface area contributed by atoms with Crippen LogP contribution in [0.4, 0.5) is 18.9 Å². The number of rotatable bonds is 11. The van der Waals surface area contributed by atoms with Gasteiger partial charge < -0.3 is 15.5 Å². The first-order valence-corrected chi connectivity index (χ1v) is 14.6. The molecule has 3 aromatic rings. The zero-order valence-corrected chi connectivity index (χ0v) is 23.9. The van der Waals surface area contributed by atoms with Crippen LogP contribution in [0.3, 0.4) is 0 Å². The fourth-order valence-electron chi connectivity index (χ4n) is 4.50. The van der Waals surface area contributed by atoms with E-state index < -0.39 is 21.8 Å². The maximum atomic E-state index is 13.5.